The van der Waals surface area contributed by atoms with Crippen LogP contribution in [0.2, 0.25) is 0 Å². The molecule has 0 saturated carbocycles. The van der Waals surface area contributed by atoms with Gasteiger partial charge in [0.25, 0.3) is 5.69 Å². The van der Waals surface area contributed by atoms with Crippen LogP contribution in [0.5, 0.6) is 5.75 Å². The molecule has 2 amide bonds. The van der Waals surface area contributed by atoms with Crippen molar-refractivity contribution in [2.75, 3.05) is 18.6 Å². The number of nitrogens with zero attached hydrogens (tertiary/aromatic N) is 3. The lowest BCUT2D eigenvalue weighted by Gasteiger charge is -2.28. The van der Waals surface area contributed by atoms with Gasteiger partial charge in [-0.3, -0.25) is 29.4 Å². The SMILES string of the molecule is COc1cc([N+](=O)[O-])ccc1N1C(=O)[C@@H]2[C@@H](C1=O)[C@@H]1CCCN1[C@@H]2C(=O)c1ccccc1. The molecule has 0 bridgehead atoms. The number of nitro groups is 1. The van der Waals surface area contributed by atoms with Crippen LogP contribution in [0.25, 0.3) is 0 Å². The monoisotopic (exact) mass is 435 g/mol. The highest BCUT2D eigenvalue weighted by Gasteiger charge is 2.65. The van der Waals surface area contributed by atoms with Crippen molar-refractivity contribution >= 4 is 29.0 Å². The van der Waals surface area contributed by atoms with E-state index < -0.39 is 28.7 Å². The van der Waals surface area contributed by atoms with E-state index in [1.165, 1.54) is 25.3 Å². The van der Waals surface area contributed by atoms with Gasteiger partial charge >= 0.3 is 0 Å². The summed E-state index contributed by atoms with van der Waals surface area (Å²) in [7, 11) is 1.33. The van der Waals surface area contributed by atoms with E-state index in [0.717, 1.165) is 17.7 Å². The number of hydrogen-bond donors (Lipinski definition) is 0. The first-order chi connectivity index (χ1) is 15.4. The summed E-state index contributed by atoms with van der Waals surface area (Å²) in [6.07, 6.45) is 1.60. The largest absolute Gasteiger partial charge is 0.494 e. The summed E-state index contributed by atoms with van der Waals surface area (Å²) >= 11 is 0. The molecular weight excluding hydrogens is 414 g/mol. The third kappa shape index (κ3) is 2.85. The van der Waals surface area contributed by atoms with Crippen LogP contribution in [-0.4, -0.2) is 53.2 Å². The van der Waals surface area contributed by atoms with Crippen LogP contribution in [0.1, 0.15) is 23.2 Å². The van der Waals surface area contributed by atoms with Gasteiger partial charge in [-0.2, -0.15) is 0 Å². The number of carbonyl (C=O) groups excluding carboxylic acids is 3. The summed E-state index contributed by atoms with van der Waals surface area (Å²) in [6, 6.07) is 11.7. The van der Waals surface area contributed by atoms with Gasteiger partial charge in [0, 0.05) is 17.7 Å². The number of hydrogen-bond acceptors (Lipinski definition) is 7. The number of ether oxygens (including phenoxy) is 1. The van der Waals surface area contributed by atoms with Crippen LogP contribution >= 0.6 is 0 Å². The van der Waals surface area contributed by atoms with Crippen molar-refractivity contribution in [2.24, 2.45) is 11.8 Å². The van der Waals surface area contributed by atoms with Gasteiger partial charge in [0.15, 0.2) is 5.78 Å². The minimum atomic E-state index is -0.791. The standard InChI is InChI=1S/C23H21N3O6/c1-32-17-12-14(26(30)31)9-10-15(17)25-22(28)18-16-8-5-11-24(16)20(19(18)23(25)29)21(27)13-6-3-2-4-7-13/h2-4,6-7,9-10,12,16,18-20H,5,8,11H2,1H3/t16-,18-,19+,20-/m0/s1. The van der Waals surface area contributed by atoms with Crippen LogP contribution in [0, 0.1) is 22.0 Å². The normalized spacial score (nSPS) is 26.8. The second-order valence-corrected chi connectivity index (χ2v) is 8.30. The second-order valence-electron chi connectivity index (χ2n) is 8.30. The number of nitro benzene ring substituents is 1. The summed E-state index contributed by atoms with van der Waals surface area (Å²) in [5, 5.41) is 11.1. The number of benzene rings is 2. The Hall–Kier alpha value is -3.59. The molecule has 3 heterocycles. The molecule has 9 nitrogen and oxygen atoms in total. The summed E-state index contributed by atoms with van der Waals surface area (Å²) in [4.78, 5) is 54.2. The molecule has 164 valence electrons. The van der Waals surface area contributed by atoms with E-state index in [-0.39, 0.29) is 34.9 Å². The number of amides is 2. The first-order valence-electron chi connectivity index (χ1n) is 10.5. The number of Topliss-reactive ketones (excluding diaryl/α,β-unsaturated/α-hetero) is 1. The Morgan fingerprint density at radius 2 is 1.81 bits per heavy atom. The Morgan fingerprint density at radius 1 is 1.09 bits per heavy atom. The van der Waals surface area contributed by atoms with Gasteiger partial charge < -0.3 is 4.74 Å². The molecule has 32 heavy (non-hydrogen) atoms. The Labute approximate surface area is 183 Å². The Morgan fingerprint density at radius 3 is 2.50 bits per heavy atom. The predicted molar refractivity (Wildman–Crippen MR) is 113 cm³/mol. The number of ketones is 1. The summed E-state index contributed by atoms with van der Waals surface area (Å²) in [6.45, 7) is 0.669. The summed E-state index contributed by atoms with van der Waals surface area (Å²) in [5.74, 6) is -2.36. The Balaban J connectivity index is 1.56. The molecule has 5 rings (SSSR count). The molecule has 0 unspecified atom stereocenters. The Kier molecular flexibility index (Phi) is 4.78. The molecule has 0 radical (unpaired) electrons. The highest BCUT2D eigenvalue weighted by molar-refractivity contribution is 6.25. The van der Waals surface area contributed by atoms with Gasteiger partial charge in [-0.15, -0.1) is 0 Å². The maximum Gasteiger partial charge on any atom is 0.273 e. The van der Waals surface area contributed by atoms with Gasteiger partial charge in [-0.25, -0.2) is 4.90 Å². The van der Waals surface area contributed by atoms with Crippen molar-refractivity contribution in [3.8, 4) is 5.75 Å². The zero-order valence-corrected chi connectivity index (χ0v) is 17.3. The van der Waals surface area contributed by atoms with E-state index in [4.69, 9.17) is 4.74 Å². The lowest BCUT2D eigenvalue weighted by molar-refractivity contribution is -0.384. The van der Waals surface area contributed by atoms with E-state index in [1.807, 2.05) is 11.0 Å². The minimum Gasteiger partial charge on any atom is -0.494 e. The van der Waals surface area contributed by atoms with Crippen molar-refractivity contribution in [1.29, 1.82) is 0 Å². The predicted octanol–water partition coefficient (Wildman–Crippen LogP) is 2.44. The number of fused-ring (bicyclic) bond motifs is 3. The van der Waals surface area contributed by atoms with Crippen molar-refractivity contribution in [1.82, 2.24) is 4.90 Å². The second kappa shape index (κ2) is 7.52. The number of methoxy groups -OCH3 is 1. The molecule has 3 saturated heterocycles. The zero-order chi connectivity index (χ0) is 22.6. The number of imide groups is 1. The van der Waals surface area contributed by atoms with Gasteiger partial charge in [-0.1, -0.05) is 30.3 Å². The lowest BCUT2D eigenvalue weighted by atomic mass is 9.85. The van der Waals surface area contributed by atoms with Crippen LogP contribution in [0.15, 0.2) is 48.5 Å². The van der Waals surface area contributed by atoms with Crippen molar-refractivity contribution in [2.45, 2.75) is 24.9 Å². The number of carbonyl (C=O) groups is 3. The quantitative estimate of drug-likeness (QED) is 0.307. The van der Waals surface area contributed by atoms with E-state index >= 15 is 0 Å². The molecule has 3 aliphatic heterocycles. The lowest BCUT2D eigenvalue weighted by Crippen LogP contribution is -2.46. The zero-order valence-electron chi connectivity index (χ0n) is 17.3. The van der Waals surface area contributed by atoms with Gasteiger partial charge in [0.1, 0.15) is 5.75 Å². The van der Waals surface area contributed by atoms with Gasteiger partial charge in [0.05, 0.1) is 41.7 Å². The van der Waals surface area contributed by atoms with Gasteiger partial charge in [0.2, 0.25) is 11.8 Å². The molecule has 4 atom stereocenters. The molecule has 2 aromatic rings. The molecular formula is C23H21N3O6. The smallest absolute Gasteiger partial charge is 0.273 e. The van der Waals surface area contributed by atoms with Crippen LogP contribution in [0.4, 0.5) is 11.4 Å². The fraction of sp³-hybridized carbons (Fsp3) is 0.348. The molecule has 9 heteroatoms. The average molecular weight is 435 g/mol. The van der Waals surface area contributed by atoms with E-state index in [1.54, 1.807) is 24.3 Å². The molecule has 0 aliphatic carbocycles. The summed E-state index contributed by atoms with van der Waals surface area (Å²) in [5.41, 5.74) is 0.470. The van der Waals surface area contributed by atoms with E-state index in [2.05, 4.69) is 0 Å². The molecule has 3 aliphatic rings. The third-order valence-electron chi connectivity index (χ3n) is 6.79. The highest BCUT2D eigenvalue weighted by Crippen LogP contribution is 2.49. The first-order valence-corrected chi connectivity index (χ1v) is 10.5. The van der Waals surface area contributed by atoms with Crippen molar-refractivity contribution < 1.29 is 24.0 Å². The van der Waals surface area contributed by atoms with E-state index in [0.29, 0.717) is 12.1 Å². The molecule has 2 aromatic carbocycles. The summed E-state index contributed by atoms with van der Waals surface area (Å²) < 4.78 is 5.27. The molecule has 0 aromatic heterocycles. The highest BCUT2D eigenvalue weighted by atomic mass is 16.6. The maximum atomic E-state index is 13.6. The fourth-order valence-corrected chi connectivity index (χ4v) is 5.49. The maximum absolute atomic E-state index is 13.6. The molecule has 0 spiro atoms. The molecule has 3 fully saturated rings. The van der Waals surface area contributed by atoms with Crippen LogP contribution in [0.3, 0.4) is 0 Å². The average Bonchev–Trinajstić information content (AvgIpc) is 3.45. The van der Waals surface area contributed by atoms with Crippen LogP contribution < -0.4 is 9.64 Å². The molecule has 0 N–H and O–H groups in total. The van der Waals surface area contributed by atoms with Crippen molar-refractivity contribution in [3.05, 3.63) is 64.2 Å². The van der Waals surface area contributed by atoms with E-state index in [9.17, 15) is 24.5 Å². The first kappa shape index (κ1) is 20.3. The van der Waals surface area contributed by atoms with Crippen LogP contribution in [-0.2, 0) is 9.59 Å². The Bertz CT molecular complexity index is 1130. The van der Waals surface area contributed by atoms with Crippen molar-refractivity contribution in [3.63, 3.8) is 0 Å². The topological polar surface area (TPSA) is 110 Å². The third-order valence-corrected chi connectivity index (χ3v) is 6.79. The van der Waals surface area contributed by atoms with Gasteiger partial charge in [-0.05, 0) is 25.5 Å². The fourth-order valence-electron chi connectivity index (χ4n) is 5.49. The minimum absolute atomic E-state index is 0.0649. The number of anilines is 1. The number of rotatable bonds is 5. The number of non-ortho nitro benzene ring substituents is 1.